The molecule has 12 heteroatoms. The van der Waals surface area contributed by atoms with E-state index in [1.54, 1.807) is 12.4 Å². The van der Waals surface area contributed by atoms with Gasteiger partial charge in [-0.05, 0) is 88.6 Å². The number of benzene rings is 1. The summed E-state index contributed by atoms with van der Waals surface area (Å²) in [6.07, 6.45) is 7.34. The number of aromatic nitrogens is 4. The smallest absolute Gasteiger partial charge is 0.238 e. The maximum absolute atomic E-state index is 15.0. The normalized spacial score (nSPS) is 23.9. The van der Waals surface area contributed by atoms with Gasteiger partial charge in [-0.15, -0.1) is 0 Å². The summed E-state index contributed by atoms with van der Waals surface area (Å²) < 4.78 is 22.4. The van der Waals surface area contributed by atoms with Crippen LogP contribution >= 0.6 is 0 Å². The Kier molecular flexibility index (Phi) is 8.16. The summed E-state index contributed by atoms with van der Waals surface area (Å²) in [6.45, 7) is 15.0. The van der Waals surface area contributed by atoms with Gasteiger partial charge in [-0.2, -0.15) is 0 Å². The molecule has 0 atom stereocenters. The lowest BCUT2D eigenvalue weighted by molar-refractivity contribution is -0.152. The van der Waals surface area contributed by atoms with E-state index in [2.05, 4.69) is 66.0 Å². The van der Waals surface area contributed by atoms with Gasteiger partial charge in [0.15, 0.2) is 11.6 Å². The highest BCUT2D eigenvalue weighted by molar-refractivity contribution is 6.09. The van der Waals surface area contributed by atoms with Gasteiger partial charge in [0.1, 0.15) is 5.52 Å². The third-order valence-electron chi connectivity index (χ3n) is 12.6. The van der Waals surface area contributed by atoms with Crippen LogP contribution in [-0.2, 0) is 19.7 Å². The third-order valence-corrected chi connectivity index (χ3v) is 12.6. The molecule has 11 nitrogen and oxygen atoms in total. The number of likely N-dealkylation sites (tertiary alicyclic amines) is 2. The van der Waals surface area contributed by atoms with Crippen LogP contribution < -0.4 is 10.2 Å². The number of piperidine rings is 1. The number of carbonyl (C=O) groups excluding carboxylic acids is 2. The lowest BCUT2D eigenvalue weighted by atomic mass is 9.73. The minimum Gasteiger partial charge on any atom is -0.380 e. The predicted molar refractivity (Wildman–Crippen MR) is 202 cm³/mol. The van der Waals surface area contributed by atoms with Crippen molar-refractivity contribution in [1.29, 1.82) is 0 Å². The average molecular weight is 721 g/mol. The number of imidazole rings is 1. The highest BCUT2D eigenvalue weighted by atomic mass is 19.1. The molecule has 1 saturated carbocycles. The molecule has 7 heterocycles. The summed E-state index contributed by atoms with van der Waals surface area (Å²) in [5.41, 5.74) is 5.72. The number of fused-ring (bicyclic) bond motifs is 3. The van der Waals surface area contributed by atoms with Gasteiger partial charge < -0.3 is 24.4 Å². The molecular weight excluding hydrogens is 672 g/mol. The van der Waals surface area contributed by atoms with Crippen LogP contribution in [0.3, 0.4) is 0 Å². The monoisotopic (exact) mass is 720 g/mol. The van der Waals surface area contributed by atoms with Crippen LogP contribution in [-0.4, -0.2) is 92.6 Å². The van der Waals surface area contributed by atoms with E-state index in [1.807, 2.05) is 22.5 Å². The average Bonchev–Trinajstić information content (AvgIpc) is 3.75. The lowest BCUT2D eigenvalue weighted by Crippen LogP contribution is -2.58. The zero-order chi connectivity index (χ0) is 36.8. The van der Waals surface area contributed by atoms with Crippen molar-refractivity contribution in [2.45, 2.75) is 90.3 Å². The second kappa shape index (κ2) is 12.6. The maximum Gasteiger partial charge on any atom is 0.238 e. The molecule has 9 rings (SSSR count). The van der Waals surface area contributed by atoms with E-state index in [0.29, 0.717) is 73.5 Å². The molecule has 0 bridgehead atoms. The van der Waals surface area contributed by atoms with Crippen LogP contribution in [0.2, 0.25) is 0 Å². The topological polar surface area (TPSA) is 109 Å². The highest BCUT2D eigenvalue weighted by Gasteiger charge is 2.56. The number of pyridine rings is 2. The number of rotatable bonds is 7. The zero-order valence-electron chi connectivity index (χ0n) is 31.4. The highest BCUT2D eigenvalue weighted by Crippen LogP contribution is 2.52. The first-order chi connectivity index (χ1) is 25.4. The van der Waals surface area contributed by atoms with E-state index in [0.717, 1.165) is 53.8 Å². The molecular formula is C41H49FN8O3. The minimum atomic E-state index is -0.668. The number of hydrogen-bond donors (Lipinski definition) is 1. The third kappa shape index (κ3) is 5.71. The number of halogens is 1. The van der Waals surface area contributed by atoms with E-state index in [9.17, 15) is 9.59 Å². The fourth-order valence-corrected chi connectivity index (χ4v) is 9.33. The number of amides is 2. The summed E-state index contributed by atoms with van der Waals surface area (Å²) in [7, 11) is 0. The van der Waals surface area contributed by atoms with E-state index in [4.69, 9.17) is 14.7 Å². The van der Waals surface area contributed by atoms with Gasteiger partial charge >= 0.3 is 0 Å². The van der Waals surface area contributed by atoms with Crippen LogP contribution in [0.15, 0.2) is 42.9 Å². The van der Waals surface area contributed by atoms with Crippen LogP contribution in [0.4, 0.5) is 21.6 Å². The van der Waals surface area contributed by atoms with Crippen molar-refractivity contribution in [3.63, 3.8) is 0 Å². The Morgan fingerprint density at radius 2 is 1.79 bits per heavy atom. The standard InChI is InChI=1S/C41H49FN8O3/c1-24(2)49-23-44-34-18-32(45-37(36(34)49)46-33-14-25(3)43-19-31(33)42)26-6-7-30-35(15-26)50(29-16-28(17-29)48-11-8-40(4,5)22-48)39(52)41(30)9-12-47(13-10-41)38(51)27-20-53-21-27/h6-7,14-15,18-19,23-24,27-29H,8-13,16-17,20-22H2,1-5H3,(H,43,45,46)/t28-,29+. The molecule has 1 aromatic carbocycles. The minimum absolute atomic E-state index is 0.0626. The fraction of sp³-hybridized carbons (Fsp3) is 0.537. The van der Waals surface area contributed by atoms with Crippen LogP contribution in [0.1, 0.15) is 77.1 Å². The number of nitrogens with one attached hydrogen (secondary N) is 1. The Bertz CT molecular complexity index is 2110. The summed E-state index contributed by atoms with van der Waals surface area (Å²) in [5, 5.41) is 3.27. The first kappa shape index (κ1) is 34.4. The molecule has 4 aliphatic heterocycles. The number of carbonyl (C=O) groups is 2. The molecule has 1 spiro atoms. The van der Waals surface area contributed by atoms with Gasteiger partial charge in [0.25, 0.3) is 0 Å². The second-order valence-corrected chi connectivity index (χ2v) is 17.1. The lowest BCUT2D eigenvalue weighted by Gasteiger charge is -2.47. The molecule has 3 saturated heterocycles. The van der Waals surface area contributed by atoms with Crippen LogP contribution in [0.25, 0.3) is 22.3 Å². The quantitative estimate of drug-likeness (QED) is 0.235. The summed E-state index contributed by atoms with van der Waals surface area (Å²) in [6, 6.07) is 10.7. The molecule has 278 valence electrons. The number of ether oxygens (including phenoxy) is 1. The Balaban J connectivity index is 1.09. The van der Waals surface area contributed by atoms with E-state index < -0.39 is 11.2 Å². The van der Waals surface area contributed by atoms with Crippen molar-refractivity contribution in [2.75, 3.05) is 49.6 Å². The molecule has 2 amide bonds. The molecule has 53 heavy (non-hydrogen) atoms. The molecule has 1 N–H and O–H groups in total. The Labute approximate surface area is 309 Å². The number of hydrogen-bond acceptors (Lipinski definition) is 8. The van der Waals surface area contributed by atoms with Crippen molar-refractivity contribution in [3.05, 3.63) is 59.9 Å². The van der Waals surface area contributed by atoms with E-state index in [-0.39, 0.29) is 29.8 Å². The number of anilines is 3. The van der Waals surface area contributed by atoms with Gasteiger partial charge in [-0.1, -0.05) is 26.0 Å². The summed E-state index contributed by atoms with van der Waals surface area (Å²) >= 11 is 0. The maximum atomic E-state index is 15.0. The largest absolute Gasteiger partial charge is 0.380 e. The molecule has 4 aromatic rings. The zero-order valence-corrected chi connectivity index (χ0v) is 31.4. The summed E-state index contributed by atoms with van der Waals surface area (Å²) in [5.74, 6) is 0.286. The SMILES string of the molecule is Cc1cc(Nc2nc(-c3ccc4c(c3)N([C@H]3C[C@@H](N5CCC(C)(C)C5)C3)C(=O)C43CCN(C(=O)C4COC4)CC3)cc3ncn(C(C)C)c23)c(F)cn1. The Hall–Kier alpha value is -4.42. The summed E-state index contributed by atoms with van der Waals surface area (Å²) in [4.78, 5) is 48.7. The van der Waals surface area contributed by atoms with Crippen molar-refractivity contribution in [3.8, 4) is 11.3 Å². The number of aryl methyl sites for hydroxylation is 1. The molecule has 0 radical (unpaired) electrons. The van der Waals surface area contributed by atoms with Crippen molar-refractivity contribution in [1.82, 2.24) is 29.3 Å². The molecule has 3 aromatic heterocycles. The fourth-order valence-electron chi connectivity index (χ4n) is 9.33. The second-order valence-electron chi connectivity index (χ2n) is 17.1. The molecule has 4 fully saturated rings. The predicted octanol–water partition coefficient (Wildman–Crippen LogP) is 6.38. The Morgan fingerprint density at radius 1 is 1.02 bits per heavy atom. The van der Waals surface area contributed by atoms with E-state index in [1.165, 1.54) is 12.6 Å². The molecule has 1 aliphatic carbocycles. The van der Waals surface area contributed by atoms with Crippen molar-refractivity contribution in [2.24, 2.45) is 11.3 Å². The van der Waals surface area contributed by atoms with Crippen molar-refractivity contribution < 1.29 is 18.7 Å². The molecule has 0 unspecified atom stereocenters. The van der Waals surface area contributed by atoms with Crippen LogP contribution in [0, 0.1) is 24.1 Å². The van der Waals surface area contributed by atoms with Crippen molar-refractivity contribution >= 4 is 40.0 Å². The first-order valence-corrected chi connectivity index (χ1v) is 19.3. The molecule has 5 aliphatic rings. The van der Waals surface area contributed by atoms with Gasteiger partial charge in [0, 0.05) is 54.7 Å². The first-order valence-electron chi connectivity index (χ1n) is 19.3. The van der Waals surface area contributed by atoms with Gasteiger partial charge in [0.05, 0.1) is 54.0 Å². The van der Waals surface area contributed by atoms with E-state index >= 15 is 4.39 Å². The van der Waals surface area contributed by atoms with Gasteiger partial charge in [-0.3, -0.25) is 19.5 Å². The van der Waals surface area contributed by atoms with Gasteiger partial charge in [-0.25, -0.2) is 14.4 Å². The van der Waals surface area contributed by atoms with Gasteiger partial charge in [0.2, 0.25) is 11.8 Å². The Morgan fingerprint density at radius 3 is 2.47 bits per heavy atom. The van der Waals surface area contributed by atoms with Crippen LogP contribution in [0.5, 0.6) is 0 Å². The number of nitrogens with zero attached hydrogens (tertiary/aromatic N) is 7.